The molecule has 0 unspecified atom stereocenters. The monoisotopic (exact) mass is 353 g/mol. The smallest absolute Gasteiger partial charge is 0.202 e. The SMILES string of the molecule is Cc1cc(NC(=NCC(C)(C)C)Nc2nccs2)c2ccccc2n1. The van der Waals surface area contributed by atoms with Crippen molar-refractivity contribution in [3.05, 3.63) is 47.6 Å². The molecule has 5 nitrogen and oxygen atoms in total. The fourth-order valence-corrected chi connectivity index (χ4v) is 2.88. The summed E-state index contributed by atoms with van der Waals surface area (Å²) in [4.78, 5) is 13.6. The van der Waals surface area contributed by atoms with Gasteiger partial charge in [-0.15, -0.1) is 11.3 Å². The molecule has 0 saturated heterocycles. The van der Waals surface area contributed by atoms with Crippen molar-refractivity contribution in [2.45, 2.75) is 27.7 Å². The predicted molar refractivity (Wildman–Crippen MR) is 108 cm³/mol. The molecule has 0 aliphatic carbocycles. The van der Waals surface area contributed by atoms with Gasteiger partial charge in [0.2, 0.25) is 5.96 Å². The summed E-state index contributed by atoms with van der Waals surface area (Å²) in [5, 5.41) is 10.6. The number of fused-ring (bicyclic) bond motifs is 1. The van der Waals surface area contributed by atoms with E-state index in [1.807, 2.05) is 36.6 Å². The van der Waals surface area contributed by atoms with Crippen molar-refractivity contribution >= 4 is 39.0 Å². The number of pyridine rings is 1. The van der Waals surface area contributed by atoms with Crippen LogP contribution in [0.25, 0.3) is 10.9 Å². The molecule has 0 bridgehead atoms. The van der Waals surface area contributed by atoms with Gasteiger partial charge >= 0.3 is 0 Å². The van der Waals surface area contributed by atoms with E-state index in [-0.39, 0.29) is 5.41 Å². The van der Waals surface area contributed by atoms with Crippen LogP contribution in [0.1, 0.15) is 26.5 Å². The summed E-state index contributed by atoms with van der Waals surface area (Å²) in [7, 11) is 0. The fraction of sp³-hybridized carbons (Fsp3) is 0.316. The van der Waals surface area contributed by atoms with E-state index in [0.717, 1.165) is 27.4 Å². The third kappa shape index (κ3) is 4.76. The second kappa shape index (κ2) is 7.19. The third-order valence-corrected chi connectivity index (χ3v) is 4.16. The van der Waals surface area contributed by atoms with Crippen molar-refractivity contribution in [3.8, 4) is 0 Å². The standard InChI is InChI=1S/C19H23N5S/c1-13-11-16(14-7-5-6-8-15(14)22-13)23-17(21-12-19(2,3)4)24-18-20-9-10-25-18/h5-11H,12H2,1-4H3,(H2,20,21,22,23,24). The number of anilines is 2. The number of rotatable bonds is 3. The van der Waals surface area contributed by atoms with Crippen molar-refractivity contribution in [3.63, 3.8) is 0 Å². The molecule has 2 N–H and O–H groups in total. The lowest BCUT2D eigenvalue weighted by Crippen LogP contribution is -2.24. The molecule has 0 fully saturated rings. The largest absolute Gasteiger partial charge is 0.325 e. The van der Waals surface area contributed by atoms with Gasteiger partial charge in [-0.1, -0.05) is 39.0 Å². The Morgan fingerprint density at radius 1 is 1.20 bits per heavy atom. The maximum Gasteiger partial charge on any atom is 0.202 e. The first-order chi connectivity index (χ1) is 11.9. The number of guanidine groups is 1. The van der Waals surface area contributed by atoms with Gasteiger partial charge in [-0.2, -0.15) is 0 Å². The number of benzene rings is 1. The number of aryl methyl sites for hydroxylation is 1. The molecule has 6 heteroatoms. The van der Waals surface area contributed by atoms with Crippen LogP contribution >= 0.6 is 11.3 Å². The van der Waals surface area contributed by atoms with Gasteiger partial charge < -0.3 is 10.6 Å². The molecular weight excluding hydrogens is 330 g/mol. The molecule has 2 heterocycles. The van der Waals surface area contributed by atoms with E-state index in [2.05, 4.69) is 47.4 Å². The van der Waals surface area contributed by atoms with E-state index in [0.29, 0.717) is 12.5 Å². The first-order valence-electron chi connectivity index (χ1n) is 8.25. The zero-order valence-electron chi connectivity index (χ0n) is 15.0. The molecule has 0 radical (unpaired) electrons. The summed E-state index contributed by atoms with van der Waals surface area (Å²) in [6.45, 7) is 9.21. The van der Waals surface area contributed by atoms with Gasteiger partial charge in [-0.05, 0) is 24.5 Å². The maximum atomic E-state index is 4.74. The zero-order chi connectivity index (χ0) is 17.9. The van der Waals surface area contributed by atoms with Crippen LogP contribution in [0.3, 0.4) is 0 Å². The number of hydrogen-bond acceptors (Lipinski definition) is 4. The number of nitrogens with one attached hydrogen (secondary N) is 2. The van der Waals surface area contributed by atoms with Crippen molar-refractivity contribution < 1.29 is 0 Å². The van der Waals surface area contributed by atoms with Gasteiger partial charge in [0.25, 0.3) is 0 Å². The first kappa shape index (κ1) is 17.4. The second-order valence-corrected chi connectivity index (χ2v) is 8.04. The van der Waals surface area contributed by atoms with E-state index in [9.17, 15) is 0 Å². The van der Waals surface area contributed by atoms with E-state index in [1.54, 1.807) is 17.5 Å². The molecule has 2 aromatic heterocycles. The number of aliphatic imine (C=N–C) groups is 1. The van der Waals surface area contributed by atoms with Crippen LogP contribution in [0.4, 0.5) is 10.8 Å². The highest BCUT2D eigenvalue weighted by molar-refractivity contribution is 7.13. The summed E-state index contributed by atoms with van der Waals surface area (Å²) < 4.78 is 0. The number of thiazole rings is 1. The Hall–Kier alpha value is -2.47. The molecular formula is C19H23N5S. The molecule has 0 saturated carbocycles. The topological polar surface area (TPSA) is 62.2 Å². The Kier molecular flexibility index (Phi) is 4.99. The van der Waals surface area contributed by atoms with E-state index in [4.69, 9.17) is 4.99 Å². The first-order valence-corrected chi connectivity index (χ1v) is 9.13. The van der Waals surface area contributed by atoms with E-state index >= 15 is 0 Å². The van der Waals surface area contributed by atoms with Crippen molar-refractivity contribution in [2.24, 2.45) is 10.4 Å². The molecule has 130 valence electrons. The molecule has 0 atom stereocenters. The average Bonchev–Trinajstić information content (AvgIpc) is 3.05. The quantitative estimate of drug-likeness (QED) is 0.518. The van der Waals surface area contributed by atoms with Gasteiger partial charge in [0.05, 0.1) is 11.2 Å². The highest BCUT2D eigenvalue weighted by Crippen LogP contribution is 2.23. The third-order valence-electron chi connectivity index (χ3n) is 3.47. The van der Waals surface area contributed by atoms with Crippen molar-refractivity contribution in [1.82, 2.24) is 9.97 Å². The van der Waals surface area contributed by atoms with Crippen LogP contribution < -0.4 is 10.6 Å². The Balaban J connectivity index is 1.94. The summed E-state index contributed by atoms with van der Waals surface area (Å²) in [5.41, 5.74) is 3.02. The fourth-order valence-electron chi connectivity index (χ4n) is 2.35. The summed E-state index contributed by atoms with van der Waals surface area (Å²) in [5.74, 6) is 0.695. The minimum Gasteiger partial charge on any atom is -0.325 e. The van der Waals surface area contributed by atoms with Gasteiger partial charge in [-0.3, -0.25) is 9.98 Å². The second-order valence-electron chi connectivity index (χ2n) is 7.14. The lowest BCUT2D eigenvalue weighted by atomic mass is 9.97. The number of nitrogens with zero attached hydrogens (tertiary/aromatic N) is 3. The highest BCUT2D eigenvalue weighted by Gasteiger charge is 2.12. The Bertz CT molecular complexity index is 878. The van der Waals surface area contributed by atoms with E-state index < -0.39 is 0 Å². The maximum absolute atomic E-state index is 4.74. The van der Waals surface area contributed by atoms with Crippen LogP contribution in [0.15, 0.2) is 46.9 Å². The van der Waals surface area contributed by atoms with Crippen molar-refractivity contribution in [2.75, 3.05) is 17.2 Å². The summed E-state index contributed by atoms with van der Waals surface area (Å²) >= 11 is 1.55. The van der Waals surface area contributed by atoms with Crippen LogP contribution in [0.5, 0.6) is 0 Å². The molecule has 3 aromatic rings. The van der Waals surface area contributed by atoms with Gasteiger partial charge in [0.15, 0.2) is 5.13 Å². The molecule has 25 heavy (non-hydrogen) atoms. The summed E-state index contributed by atoms with van der Waals surface area (Å²) in [6.07, 6.45) is 1.78. The van der Waals surface area contributed by atoms with Crippen LogP contribution in [-0.2, 0) is 0 Å². The molecule has 0 aliphatic rings. The predicted octanol–water partition coefficient (Wildman–Crippen LogP) is 4.93. The van der Waals surface area contributed by atoms with Crippen LogP contribution in [0.2, 0.25) is 0 Å². The lowest BCUT2D eigenvalue weighted by molar-refractivity contribution is 0.429. The zero-order valence-corrected chi connectivity index (χ0v) is 15.8. The minimum atomic E-state index is 0.105. The summed E-state index contributed by atoms with van der Waals surface area (Å²) in [6, 6.07) is 10.1. The Morgan fingerprint density at radius 2 is 2.00 bits per heavy atom. The lowest BCUT2D eigenvalue weighted by Gasteiger charge is -2.18. The number of hydrogen-bond donors (Lipinski definition) is 2. The van der Waals surface area contributed by atoms with Crippen LogP contribution in [-0.4, -0.2) is 22.5 Å². The number of para-hydroxylation sites is 1. The molecule has 0 spiro atoms. The van der Waals surface area contributed by atoms with Gasteiger partial charge in [0.1, 0.15) is 0 Å². The van der Waals surface area contributed by atoms with Crippen LogP contribution in [0, 0.1) is 12.3 Å². The van der Waals surface area contributed by atoms with Gasteiger partial charge in [-0.25, -0.2) is 4.98 Å². The Morgan fingerprint density at radius 3 is 2.72 bits per heavy atom. The highest BCUT2D eigenvalue weighted by atomic mass is 32.1. The molecule has 1 aromatic carbocycles. The minimum absolute atomic E-state index is 0.105. The van der Waals surface area contributed by atoms with Gasteiger partial charge in [0, 0.05) is 29.2 Å². The van der Waals surface area contributed by atoms with E-state index in [1.165, 1.54) is 0 Å². The molecule has 0 aliphatic heterocycles. The normalized spacial score (nSPS) is 12.4. The van der Waals surface area contributed by atoms with Crippen molar-refractivity contribution in [1.29, 1.82) is 0 Å². The average molecular weight is 353 g/mol. The number of aromatic nitrogens is 2. The Labute approximate surface area is 152 Å². The molecule has 0 amide bonds. The molecule has 3 rings (SSSR count).